The molecule has 0 spiro atoms. The fourth-order valence-electron chi connectivity index (χ4n) is 3.28. The van der Waals surface area contributed by atoms with Gasteiger partial charge in [0.2, 0.25) is 0 Å². The average Bonchev–Trinajstić information content (AvgIpc) is 3.25. The molecule has 148 valence electrons. The van der Waals surface area contributed by atoms with Gasteiger partial charge in [0, 0.05) is 21.2 Å². The fraction of sp³-hybridized carbons (Fsp3) is 0.0435. The Morgan fingerprint density at radius 1 is 1.03 bits per heavy atom. The molecule has 0 unspecified atom stereocenters. The number of fused-ring (bicyclic) bond motifs is 3. The summed E-state index contributed by atoms with van der Waals surface area (Å²) in [5.41, 5.74) is 3.80. The Labute approximate surface area is 191 Å². The van der Waals surface area contributed by atoms with Gasteiger partial charge in [-0.3, -0.25) is 4.40 Å². The number of imidazole rings is 1. The number of aromatic nitrogens is 2. The molecule has 0 saturated carbocycles. The maximum atomic E-state index is 6.27. The van der Waals surface area contributed by atoms with E-state index in [-0.39, 0.29) is 0 Å². The Balaban J connectivity index is 1.53. The van der Waals surface area contributed by atoms with Crippen LogP contribution in [0.25, 0.3) is 22.1 Å². The molecule has 7 heteroatoms. The van der Waals surface area contributed by atoms with Gasteiger partial charge in [0.25, 0.3) is 0 Å². The average molecular weight is 469 g/mol. The molecule has 0 amide bonds. The van der Waals surface area contributed by atoms with E-state index in [4.69, 9.17) is 45.1 Å². The highest BCUT2D eigenvalue weighted by molar-refractivity contribution is 7.71. The van der Waals surface area contributed by atoms with E-state index in [0.717, 1.165) is 42.0 Å². The summed E-state index contributed by atoms with van der Waals surface area (Å²) in [5, 5.41) is 1.19. The van der Waals surface area contributed by atoms with Crippen LogP contribution in [0.2, 0.25) is 10.0 Å². The van der Waals surface area contributed by atoms with Crippen molar-refractivity contribution in [2.75, 3.05) is 0 Å². The summed E-state index contributed by atoms with van der Waals surface area (Å²) in [5.74, 6) is 0.758. The molecule has 2 heterocycles. The number of rotatable bonds is 4. The lowest BCUT2D eigenvalue weighted by Crippen LogP contribution is -2.00. The second kappa shape index (κ2) is 8.00. The molecule has 0 aliphatic carbocycles. The lowest BCUT2D eigenvalue weighted by atomic mass is 10.2. The highest BCUT2D eigenvalue weighted by Crippen LogP contribution is 2.25. The molecule has 0 aliphatic heterocycles. The molecule has 5 aromatic rings. The highest BCUT2D eigenvalue weighted by Gasteiger charge is 2.10. The van der Waals surface area contributed by atoms with Gasteiger partial charge in [0.15, 0.2) is 4.96 Å². The van der Waals surface area contributed by atoms with Gasteiger partial charge >= 0.3 is 0 Å². The topological polar surface area (TPSA) is 26.5 Å². The smallest absolute Gasteiger partial charge is 0.196 e. The Bertz CT molecular complexity index is 1510. The van der Waals surface area contributed by atoms with Gasteiger partial charge in [-0.1, -0.05) is 83.2 Å². The normalized spacial score (nSPS) is 12.1. The number of halogens is 2. The number of ether oxygens (including phenoxy) is 1. The minimum Gasteiger partial charge on any atom is -0.488 e. The number of thiazole rings is 1. The molecule has 0 fully saturated rings. The molecule has 0 bridgehead atoms. The Kier molecular flexibility index (Phi) is 5.21. The quantitative estimate of drug-likeness (QED) is 0.274. The standard InChI is InChI=1S/C23H14Cl2N2OS2/c24-16-10-9-15(17(25)12-16)13-28-20-8-4-1-5-14(20)11-21-22(29)27-19-7-3-2-6-18(19)26-23(27)30-21/h1-12H,13H2/b21-11-. The van der Waals surface area contributed by atoms with E-state index in [1.807, 2.05) is 59.0 Å². The van der Waals surface area contributed by atoms with E-state index in [1.54, 1.807) is 23.5 Å². The summed E-state index contributed by atoms with van der Waals surface area (Å²) in [4.78, 5) is 5.58. The van der Waals surface area contributed by atoms with E-state index in [1.165, 1.54) is 0 Å². The second-order valence-corrected chi connectivity index (χ2v) is 8.94. The van der Waals surface area contributed by atoms with Crippen LogP contribution in [0.1, 0.15) is 11.1 Å². The zero-order valence-corrected chi connectivity index (χ0v) is 18.7. The number of hydrogen-bond acceptors (Lipinski definition) is 4. The minimum atomic E-state index is 0.347. The van der Waals surface area contributed by atoms with Gasteiger partial charge in [-0.05, 0) is 36.4 Å². The summed E-state index contributed by atoms with van der Waals surface area (Å²) in [6.45, 7) is 0.347. The van der Waals surface area contributed by atoms with Crippen LogP contribution < -0.4 is 9.27 Å². The van der Waals surface area contributed by atoms with Crippen molar-refractivity contribution >= 4 is 68.8 Å². The molecule has 0 radical (unpaired) electrons. The molecule has 0 aliphatic rings. The van der Waals surface area contributed by atoms with E-state index < -0.39 is 0 Å². The third kappa shape index (κ3) is 3.59. The predicted molar refractivity (Wildman–Crippen MR) is 127 cm³/mol. The van der Waals surface area contributed by atoms with Gasteiger partial charge in [0.1, 0.15) is 17.0 Å². The van der Waals surface area contributed by atoms with Gasteiger partial charge < -0.3 is 4.74 Å². The maximum Gasteiger partial charge on any atom is 0.196 e. The monoisotopic (exact) mass is 468 g/mol. The maximum absolute atomic E-state index is 6.27. The highest BCUT2D eigenvalue weighted by atomic mass is 35.5. The van der Waals surface area contributed by atoms with Crippen molar-refractivity contribution in [2.45, 2.75) is 6.61 Å². The van der Waals surface area contributed by atoms with Crippen LogP contribution in [0.4, 0.5) is 0 Å². The van der Waals surface area contributed by atoms with Crippen LogP contribution in [0.3, 0.4) is 0 Å². The molecule has 0 N–H and O–H groups in total. The molecule has 2 aromatic heterocycles. The van der Waals surface area contributed by atoms with Crippen molar-refractivity contribution in [1.29, 1.82) is 0 Å². The van der Waals surface area contributed by atoms with Crippen LogP contribution >= 0.6 is 46.8 Å². The largest absolute Gasteiger partial charge is 0.488 e. The fourth-order valence-corrected chi connectivity index (χ4v) is 5.15. The van der Waals surface area contributed by atoms with Gasteiger partial charge in [0.05, 0.1) is 15.6 Å². The number of benzene rings is 3. The predicted octanol–water partition coefficient (Wildman–Crippen LogP) is 6.71. The van der Waals surface area contributed by atoms with Crippen molar-refractivity contribution in [1.82, 2.24) is 9.38 Å². The lowest BCUT2D eigenvalue weighted by molar-refractivity contribution is 0.305. The molecule has 3 nitrogen and oxygen atoms in total. The molecule has 5 rings (SSSR count). The van der Waals surface area contributed by atoms with Crippen LogP contribution in [-0.2, 0) is 6.61 Å². The van der Waals surface area contributed by atoms with Crippen molar-refractivity contribution < 1.29 is 4.74 Å². The van der Waals surface area contributed by atoms with Crippen molar-refractivity contribution in [3.63, 3.8) is 0 Å². The zero-order valence-electron chi connectivity index (χ0n) is 15.5. The van der Waals surface area contributed by atoms with E-state index in [0.29, 0.717) is 16.7 Å². The summed E-state index contributed by atoms with van der Waals surface area (Å²) < 4.78 is 9.82. The van der Waals surface area contributed by atoms with E-state index in [2.05, 4.69) is 6.08 Å². The first-order valence-corrected chi connectivity index (χ1v) is 11.2. The zero-order chi connectivity index (χ0) is 20.7. The summed E-state index contributed by atoms with van der Waals surface area (Å²) in [6, 6.07) is 21.3. The third-order valence-corrected chi connectivity index (χ3v) is 6.86. The van der Waals surface area contributed by atoms with Crippen molar-refractivity contribution in [3.8, 4) is 5.75 Å². The first-order valence-electron chi connectivity index (χ1n) is 9.17. The Morgan fingerprint density at radius 3 is 2.70 bits per heavy atom. The molecule has 3 aromatic carbocycles. The number of para-hydroxylation sites is 3. The summed E-state index contributed by atoms with van der Waals surface area (Å²) in [7, 11) is 0. The van der Waals surface area contributed by atoms with E-state index in [9.17, 15) is 0 Å². The summed E-state index contributed by atoms with van der Waals surface area (Å²) in [6.07, 6.45) is 2.05. The van der Waals surface area contributed by atoms with Gasteiger partial charge in [-0.15, -0.1) is 0 Å². The van der Waals surface area contributed by atoms with Gasteiger partial charge in [-0.2, -0.15) is 0 Å². The SMILES string of the molecule is S=c1/c(=C/c2ccccc2OCc2ccc(Cl)cc2Cl)sc2nc3ccccc3n12. The molecule has 0 atom stereocenters. The number of nitrogens with zero attached hydrogens (tertiary/aromatic N) is 2. The van der Waals surface area contributed by atoms with Gasteiger partial charge in [-0.25, -0.2) is 4.98 Å². The summed E-state index contributed by atoms with van der Waals surface area (Å²) >= 11 is 19.6. The van der Waals surface area contributed by atoms with E-state index >= 15 is 0 Å². The molecule has 0 saturated heterocycles. The van der Waals surface area contributed by atoms with Crippen LogP contribution in [0, 0.1) is 4.64 Å². The van der Waals surface area contributed by atoms with Crippen LogP contribution in [0.15, 0.2) is 66.7 Å². The Hall–Kier alpha value is -2.44. The Morgan fingerprint density at radius 2 is 1.83 bits per heavy atom. The molecular formula is C23H14Cl2N2OS2. The molecular weight excluding hydrogens is 455 g/mol. The first kappa shape index (κ1) is 19.5. The van der Waals surface area contributed by atoms with Crippen LogP contribution in [0.5, 0.6) is 5.75 Å². The van der Waals surface area contributed by atoms with Crippen LogP contribution in [-0.4, -0.2) is 9.38 Å². The number of hydrogen-bond donors (Lipinski definition) is 0. The minimum absolute atomic E-state index is 0.347. The van der Waals surface area contributed by atoms with Crippen molar-refractivity contribution in [3.05, 3.63) is 97.1 Å². The van der Waals surface area contributed by atoms with Crippen molar-refractivity contribution in [2.24, 2.45) is 0 Å². The second-order valence-electron chi connectivity index (χ2n) is 6.70. The molecule has 30 heavy (non-hydrogen) atoms. The lowest BCUT2D eigenvalue weighted by Gasteiger charge is -2.10. The third-order valence-electron chi connectivity index (χ3n) is 4.75. The first-order chi connectivity index (χ1) is 14.6.